The van der Waals surface area contributed by atoms with Gasteiger partial charge in [-0.1, -0.05) is 6.42 Å². The number of hydrogen-bond donors (Lipinski definition) is 1. The Labute approximate surface area is 141 Å². The number of aromatic nitrogens is 1. The van der Waals surface area contributed by atoms with E-state index in [2.05, 4.69) is 21.7 Å². The molecular weight excluding hydrogens is 305 g/mol. The van der Waals surface area contributed by atoms with Gasteiger partial charge in [0, 0.05) is 54.4 Å². The molecule has 3 heterocycles. The number of H-pyrrole nitrogens is 1. The van der Waals surface area contributed by atoms with Crippen LogP contribution < -0.4 is 5.43 Å². The number of pyridine rings is 1. The van der Waals surface area contributed by atoms with Crippen molar-refractivity contribution in [2.24, 2.45) is 0 Å². The van der Waals surface area contributed by atoms with Crippen LogP contribution in [0.15, 0.2) is 29.1 Å². The van der Waals surface area contributed by atoms with Crippen LogP contribution in [0.25, 0.3) is 10.9 Å². The molecule has 0 amide bonds. The molecule has 0 radical (unpaired) electrons. The second-order valence-corrected chi connectivity index (χ2v) is 7.28. The molecule has 128 valence electrons. The Morgan fingerprint density at radius 1 is 1.25 bits per heavy atom. The summed E-state index contributed by atoms with van der Waals surface area (Å²) in [7, 11) is 0. The number of nitrogens with one attached hydrogen (secondary N) is 1. The smallest absolute Gasteiger partial charge is 0.189 e. The van der Waals surface area contributed by atoms with E-state index in [9.17, 15) is 9.18 Å². The van der Waals surface area contributed by atoms with E-state index in [1.807, 2.05) is 0 Å². The summed E-state index contributed by atoms with van der Waals surface area (Å²) in [6.07, 6.45) is 3.98. The maximum absolute atomic E-state index is 13.3. The second kappa shape index (κ2) is 6.30. The Morgan fingerprint density at radius 2 is 2.08 bits per heavy atom. The Balaban J connectivity index is 1.43. The van der Waals surface area contributed by atoms with Crippen LogP contribution in [-0.4, -0.2) is 46.5 Å². The van der Waals surface area contributed by atoms with E-state index in [1.54, 1.807) is 12.1 Å². The number of hydrogen-bond acceptors (Lipinski definition) is 3. The maximum Gasteiger partial charge on any atom is 0.189 e. The summed E-state index contributed by atoms with van der Waals surface area (Å²) in [5.41, 5.74) is 1.50. The van der Waals surface area contributed by atoms with Crippen molar-refractivity contribution in [3.63, 3.8) is 0 Å². The van der Waals surface area contributed by atoms with Crippen molar-refractivity contribution >= 4 is 10.9 Å². The van der Waals surface area contributed by atoms with Crippen LogP contribution >= 0.6 is 0 Å². The van der Waals surface area contributed by atoms with Gasteiger partial charge >= 0.3 is 0 Å². The van der Waals surface area contributed by atoms with Gasteiger partial charge in [0.05, 0.1) is 0 Å². The van der Waals surface area contributed by atoms with Crippen LogP contribution in [0.1, 0.15) is 31.9 Å². The monoisotopic (exact) mass is 329 g/mol. The average Bonchev–Trinajstić information content (AvgIpc) is 2.52. The second-order valence-electron chi connectivity index (χ2n) is 7.28. The molecule has 5 heteroatoms. The summed E-state index contributed by atoms with van der Waals surface area (Å²) in [4.78, 5) is 20.5. The molecule has 2 aromatic rings. The fourth-order valence-corrected chi connectivity index (χ4v) is 4.14. The molecule has 1 aromatic carbocycles. The lowest BCUT2D eigenvalue weighted by molar-refractivity contribution is -0.00670. The third-order valence-corrected chi connectivity index (χ3v) is 5.50. The van der Waals surface area contributed by atoms with Crippen molar-refractivity contribution in [1.82, 2.24) is 14.8 Å². The number of nitrogens with zero attached hydrogens (tertiary/aromatic N) is 2. The van der Waals surface area contributed by atoms with Gasteiger partial charge in [-0.15, -0.1) is 0 Å². The number of benzene rings is 1. The zero-order valence-corrected chi connectivity index (χ0v) is 14.1. The third kappa shape index (κ3) is 2.98. The fourth-order valence-electron chi connectivity index (χ4n) is 4.14. The number of fused-ring (bicyclic) bond motifs is 1. The maximum atomic E-state index is 13.3. The van der Waals surface area contributed by atoms with Crippen molar-refractivity contribution in [3.8, 4) is 0 Å². The SMILES string of the molecule is C[C@H]1CCCCN1C1CN(Cc2cc(=O)c3cc(F)ccc3[nH]2)C1. The molecule has 0 unspecified atom stereocenters. The van der Waals surface area contributed by atoms with Crippen molar-refractivity contribution in [2.45, 2.75) is 44.8 Å². The number of halogens is 1. The van der Waals surface area contributed by atoms with Gasteiger partial charge in [-0.05, 0) is 44.5 Å². The molecule has 2 fully saturated rings. The predicted octanol–water partition coefficient (Wildman–Crippen LogP) is 2.73. The summed E-state index contributed by atoms with van der Waals surface area (Å²) in [5.74, 6) is -0.373. The molecule has 2 aliphatic rings. The number of piperidine rings is 1. The van der Waals surface area contributed by atoms with Crippen LogP contribution in [0.5, 0.6) is 0 Å². The van der Waals surface area contributed by atoms with Gasteiger partial charge in [0.15, 0.2) is 5.43 Å². The lowest BCUT2D eigenvalue weighted by atomic mass is 9.97. The highest BCUT2D eigenvalue weighted by molar-refractivity contribution is 5.78. The minimum absolute atomic E-state index is 0.111. The van der Waals surface area contributed by atoms with Gasteiger partial charge in [0.1, 0.15) is 5.82 Å². The average molecular weight is 329 g/mol. The van der Waals surface area contributed by atoms with E-state index in [0.717, 1.165) is 25.3 Å². The summed E-state index contributed by atoms with van der Waals surface area (Å²) in [6.45, 7) is 6.43. The van der Waals surface area contributed by atoms with Gasteiger partial charge in [0.2, 0.25) is 0 Å². The Kier molecular flexibility index (Phi) is 4.14. The van der Waals surface area contributed by atoms with E-state index in [1.165, 1.54) is 37.9 Å². The Hall–Kier alpha value is -1.72. The minimum Gasteiger partial charge on any atom is -0.357 e. The molecule has 0 aliphatic carbocycles. The molecular formula is C19H24FN3O. The largest absolute Gasteiger partial charge is 0.357 e. The van der Waals surface area contributed by atoms with Gasteiger partial charge in [-0.3, -0.25) is 14.6 Å². The van der Waals surface area contributed by atoms with Crippen LogP contribution in [0.3, 0.4) is 0 Å². The van der Waals surface area contributed by atoms with Crippen molar-refractivity contribution < 1.29 is 4.39 Å². The number of rotatable bonds is 3. The molecule has 1 aromatic heterocycles. The Morgan fingerprint density at radius 3 is 2.88 bits per heavy atom. The van der Waals surface area contributed by atoms with Crippen molar-refractivity contribution in [1.29, 1.82) is 0 Å². The van der Waals surface area contributed by atoms with Crippen molar-refractivity contribution in [2.75, 3.05) is 19.6 Å². The molecule has 24 heavy (non-hydrogen) atoms. The van der Waals surface area contributed by atoms with E-state index in [-0.39, 0.29) is 11.2 Å². The van der Waals surface area contributed by atoms with E-state index >= 15 is 0 Å². The van der Waals surface area contributed by atoms with Crippen LogP contribution in [-0.2, 0) is 6.54 Å². The first kappa shape index (κ1) is 15.8. The number of likely N-dealkylation sites (tertiary alicyclic amines) is 2. The molecule has 0 spiro atoms. The molecule has 2 aliphatic heterocycles. The van der Waals surface area contributed by atoms with Crippen molar-refractivity contribution in [3.05, 3.63) is 46.0 Å². The minimum atomic E-state index is -0.373. The van der Waals surface area contributed by atoms with E-state index < -0.39 is 0 Å². The summed E-state index contributed by atoms with van der Waals surface area (Å²) < 4.78 is 13.3. The molecule has 4 rings (SSSR count). The van der Waals surface area contributed by atoms with E-state index in [4.69, 9.17) is 0 Å². The van der Waals surface area contributed by atoms with Gasteiger partial charge in [-0.25, -0.2) is 4.39 Å². The summed E-state index contributed by atoms with van der Waals surface area (Å²) in [5, 5.41) is 0.419. The lowest BCUT2D eigenvalue weighted by Crippen LogP contribution is -2.61. The Bertz CT molecular complexity index is 797. The molecule has 0 bridgehead atoms. The van der Waals surface area contributed by atoms with E-state index in [0.29, 0.717) is 23.0 Å². The topological polar surface area (TPSA) is 39.3 Å². The zero-order valence-electron chi connectivity index (χ0n) is 14.1. The molecule has 1 N–H and O–H groups in total. The molecule has 4 nitrogen and oxygen atoms in total. The molecule has 2 saturated heterocycles. The van der Waals surface area contributed by atoms with Crippen LogP contribution in [0.2, 0.25) is 0 Å². The fraction of sp³-hybridized carbons (Fsp3) is 0.526. The lowest BCUT2D eigenvalue weighted by Gasteiger charge is -2.49. The quantitative estimate of drug-likeness (QED) is 0.941. The number of aromatic amines is 1. The normalized spacial score (nSPS) is 23.5. The highest BCUT2D eigenvalue weighted by Crippen LogP contribution is 2.25. The highest BCUT2D eigenvalue weighted by atomic mass is 19.1. The standard InChI is InChI=1S/C19H24FN3O/c1-13-4-2-3-7-23(13)16-11-22(12-16)10-15-9-19(24)17-8-14(20)5-6-18(17)21-15/h5-6,8-9,13,16H,2-4,7,10-12H2,1H3,(H,21,24)/t13-/m0/s1. The molecule has 1 atom stereocenters. The summed E-state index contributed by atoms with van der Waals surface area (Å²) in [6, 6.07) is 7.29. The predicted molar refractivity (Wildman–Crippen MR) is 93.6 cm³/mol. The third-order valence-electron chi connectivity index (χ3n) is 5.50. The summed E-state index contributed by atoms with van der Waals surface area (Å²) >= 11 is 0. The zero-order chi connectivity index (χ0) is 16.7. The first-order valence-corrected chi connectivity index (χ1v) is 8.90. The van der Waals surface area contributed by atoms with Gasteiger partial charge in [0.25, 0.3) is 0 Å². The van der Waals surface area contributed by atoms with Crippen LogP contribution in [0.4, 0.5) is 4.39 Å². The first-order chi connectivity index (χ1) is 11.6. The molecule has 0 saturated carbocycles. The first-order valence-electron chi connectivity index (χ1n) is 8.90. The van der Waals surface area contributed by atoms with Gasteiger partial charge < -0.3 is 4.98 Å². The van der Waals surface area contributed by atoms with Crippen LogP contribution in [0, 0.1) is 5.82 Å². The van der Waals surface area contributed by atoms with Gasteiger partial charge in [-0.2, -0.15) is 0 Å². The highest BCUT2D eigenvalue weighted by Gasteiger charge is 2.34.